The van der Waals surface area contributed by atoms with Gasteiger partial charge >= 0.3 is 162 Å². The normalized spacial score (nSPS) is 12.8. The number of para-hydroxylation sites is 1. The molecule has 1 atom stereocenters. The molecule has 0 fully saturated rings. The molecule has 0 bridgehead atoms. The molecule has 1 heterocycles. The van der Waals surface area contributed by atoms with Gasteiger partial charge in [-0.15, -0.1) is 0 Å². The first-order valence-corrected chi connectivity index (χ1v) is 11.1. The van der Waals surface area contributed by atoms with E-state index in [0.29, 0.717) is 20.9 Å². The summed E-state index contributed by atoms with van der Waals surface area (Å²) in [5, 5.41) is 2.85. The Morgan fingerprint density at radius 2 is 1.65 bits per heavy atom. The van der Waals surface area contributed by atoms with E-state index in [2.05, 4.69) is 93.0 Å². The second kappa shape index (κ2) is 6.95. The van der Waals surface area contributed by atoms with Crippen molar-refractivity contribution >= 4 is 45.7 Å². The minimum atomic E-state index is 0.299. The van der Waals surface area contributed by atoms with Crippen LogP contribution in [0.25, 0.3) is 21.8 Å². The fourth-order valence-electron chi connectivity index (χ4n) is 3.73. The van der Waals surface area contributed by atoms with Crippen molar-refractivity contribution < 1.29 is 0 Å². The van der Waals surface area contributed by atoms with Crippen LogP contribution in [0.4, 0.5) is 0 Å². The van der Waals surface area contributed by atoms with Crippen molar-refractivity contribution in [2.45, 2.75) is 33.1 Å². The zero-order valence-electron chi connectivity index (χ0n) is 15.9. The first kappa shape index (κ1) is 17.4. The van der Waals surface area contributed by atoms with Crippen molar-refractivity contribution in [3.05, 3.63) is 71.8 Å². The predicted octanol–water partition coefficient (Wildman–Crippen LogP) is 4.81. The van der Waals surface area contributed by atoms with Crippen LogP contribution >= 0.6 is 0 Å². The van der Waals surface area contributed by atoms with E-state index in [4.69, 9.17) is 0 Å². The Balaban J connectivity index is 2.06. The van der Waals surface area contributed by atoms with Crippen LogP contribution in [0.2, 0.25) is 0 Å². The Morgan fingerprint density at radius 1 is 0.923 bits per heavy atom. The average Bonchev–Trinajstić information content (AvgIpc) is 2.96. The van der Waals surface area contributed by atoms with Gasteiger partial charge in [-0.05, 0) is 0 Å². The Morgan fingerprint density at radius 3 is 2.42 bits per heavy atom. The van der Waals surface area contributed by atoms with Gasteiger partial charge in [0.25, 0.3) is 0 Å². The average molecular weight is 406 g/mol. The first-order chi connectivity index (χ1) is 12.6. The maximum absolute atomic E-state index is 2.38. The Labute approximate surface area is 162 Å². The van der Waals surface area contributed by atoms with Crippen LogP contribution in [-0.4, -0.2) is 19.5 Å². The molecule has 26 heavy (non-hydrogen) atoms. The van der Waals surface area contributed by atoms with Crippen LogP contribution in [0.5, 0.6) is 0 Å². The number of hydrogen-bond donors (Lipinski definition) is 0. The Hall–Kier alpha value is -2.02. The van der Waals surface area contributed by atoms with Crippen molar-refractivity contribution in [1.29, 1.82) is 0 Å². The quantitative estimate of drug-likeness (QED) is 0.429. The number of aromatic nitrogens is 1. The Kier molecular flexibility index (Phi) is 4.65. The van der Waals surface area contributed by atoms with Crippen molar-refractivity contribution in [2.24, 2.45) is 7.05 Å². The summed E-state index contributed by atoms with van der Waals surface area (Å²) < 4.78 is 5.41. The summed E-state index contributed by atoms with van der Waals surface area (Å²) in [7, 11) is 2.19. The van der Waals surface area contributed by atoms with Crippen LogP contribution in [0, 0.1) is 6.92 Å². The molecule has 1 aromatic heterocycles. The van der Waals surface area contributed by atoms with Gasteiger partial charge < -0.3 is 0 Å². The van der Waals surface area contributed by atoms with Gasteiger partial charge in [0.05, 0.1) is 0 Å². The van der Waals surface area contributed by atoms with E-state index in [1.54, 1.807) is 4.46 Å². The van der Waals surface area contributed by atoms with Gasteiger partial charge in [0, 0.05) is 0 Å². The van der Waals surface area contributed by atoms with Gasteiger partial charge in [-0.25, -0.2) is 0 Å². The van der Waals surface area contributed by atoms with Gasteiger partial charge in [0.15, 0.2) is 0 Å². The first-order valence-electron chi connectivity index (χ1n) is 9.35. The summed E-state index contributed by atoms with van der Waals surface area (Å²) in [5.41, 5.74) is 5.61. The van der Waals surface area contributed by atoms with E-state index in [-0.39, 0.29) is 0 Å². The third-order valence-electron chi connectivity index (χ3n) is 5.51. The molecule has 0 radical (unpaired) electrons. The van der Waals surface area contributed by atoms with Crippen LogP contribution < -0.4 is 8.92 Å². The van der Waals surface area contributed by atoms with Gasteiger partial charge in [0.2, 0.25) is 0 Å². The van der Waals surface area contributed by atoms with E-state index in [9.17, 15) is 0 Å². The zero-order valence-corrected chi connectivity index (χ0v) is 17.6. The van der Waals surface area contributed by atoms with Crippen molar-refractivity contribution in [3.63, 3.8) is 0 Å². The monoisotopic (exact) mass is 407 g/mol. The van der Waals surface area contributed by atoms with E-state index in [0.717, 1.165) is 0 Å². The summed E-state index contributed by atoms with van der Waals surface area (Å²) in [5.74, 6) is 0.583. The fourth-order valence-corrected chi connectivity index (χ4v) is 6.46. The van der Waals surface area contributed by atoms with Crippen molar-refractivity contribution in [2.75, 3.05) is 0 Å². The fraction of sp³-hybridized carbons (Fsp3) is 0.250. The van der Waals surface area contributed by atoms with E-state index in [1.165, 1.54) is 43.8 Å². The molecular weight excluding hydrogens is 381 g/mol. The SMILES string of the molecule is CCC(C)c1ccc2c(c1[Se]c1ccccc1C)c1ccccc1n2C. The molecule has 2 heteroatoms. The molecule has 0 saturated carbocycles. The summed E-state index contributed by atoms with van der Waals surface area (Å²) in [6.07, 6.45) is 1.17. The summed E-state index contributed by atoms with van der Waals surface area (Å²) in [6.45, 7) is 6.90. The molecule has 1 nitrogen and oxygen atoms in total. The molecule has 0 aliphatic heterocycles. The summed E-state index contributed by atoms with van der Waals surface area (Å²) in [6, 6.07) is 22.4. The zero-order chi connectivity index (χ0) is 18.3. The molecule has 3 aromatic carbocycles. The number of benzene rings is 3. The van der Waals surface area contributed by atoms with Crippen LogP contribution in [-0.2, 0) is 7.05 Å². The summed E-state index contributed by atoms with van der Waals surface area (Å²) in [4.78, 5) is 0. The van der Waals surface area contributed by atoms with Gasteiger partial charge in [0.1, 0.15) is 0 Å². The summed E-state index contributed by atoms with van der Waals surface area (Å²) >= 11 is 0.299. The van der Waals surface area contributed by atoms with Crippen LogP contribution in [0.15, 0.2) is 60.7 Å². The van der Waals surface area contributed by atoms with Crippen LogP contribution in [0.1, 0.15) is 37.3 Å². The second-order valence-corrected chi connectivity index (χ2v) is 9.34. The minimum absolute atomic E-state index is 0.299. The molecule has 1 unspecified atom stereocenters. The number of nitrogens with zero attached hydrogens (tertiary/aromatic N) is 1. The van der Waals surface area contributed by atoms with E-state index < -0.39 is 0 Å². The van der Waals surface area contributed by atoms with Crippen molar-refractivity contribution in [3.8, 4) is 0 Å². The molecule has 0 amide bonds. The molecule has 132 valence electrons. The van der Waals surface area contributed by atoms with Gasteiger partial charge in [-0.3, -0.25) is 0 Å². The molecule has 4 aromatic rings. The molecule has 0 N–H and O–H groups in total. The molecule has 0 aliphatic carbocycles. The van der Waals surface area contributed by atoms with Gasteiger partial charge in [-0.1, -0.05) is 0 Å². The van der Waals surface area contributed by atoms with Crippen LogP contribution in [0.3, 0.4) is 0 Å². The standard InChI is InChI=1S/C24H25NSe/c1-5-16(2)18-14-15-21-23(19-11-7-8-12-20(19)25(21)4)24(18)26-22-13-9-6-10-17(22)3/h6-16H,5H2,1-4H3. The number of hydrogen-bond acceptors (Lipinski definition) is 0. The number of fused-ring (bicyclic) bond motifs is 3. The maximum atomic E-state index is 2.38. The Bertz CT molecular complexity index is 1090. The third-order valence-corrected chi connectivity index (χ3v) is 8.28. The van der Waals surface area contributed by atoms with E-state index in [1.807, 2.05) is 0 Å². The molecule has 0 aliphatic rings. The predicted molar refractivity (Wildman–Crippen MR) is 115 cm³/mol. The topological polar surface area (TPSA) is 4.93 Å². The molecule has 0 saturated heterocycles. The van der Waals surface area contributed by atoms with Crippen molar-refractivity contribution in [1.82, 2.24) is 4.57 Å². The molecular formula is C24H25NSe. The van der Waals surface area contributed by atoms with E-state index >= 15 is 0 Å². The van der Waals surface area contributed by atoms with Gasteiger partial charge in [-0.2, -0.15) is 0 Å². The molecule has 0 spiro atoms. The number of aryl methyl sites for hydroxylation is 2. The molecule has 4 rings (SSSR count). The number of rotatable bonds is 4. The third kappa shape index (κ3) is 2.78. The second-order valence-electron chi connectivity index (χ2n) is 7.13.